The number of nitrogens with two attached hydrogens (primary N) is 1. The average Bonchev–Trinajstić information content (AvgIpc) is 2.33. The van der Waals surface area contributed by atoms with Crippen LogP contribution in [0.2, 0.25) is 0 Å². The van der Waals surface area contributed by atoms with Gasteiger partial charge in [0, 0.05) is 12.1 Å². The molecule has 0 unspecified atom stereocenters. The summed E-state index contributed by atoms with van der Waals surface area (Å²) < 4.78 is 22.1. The molecule has 0 saturated carbocycles. The van der Waals surface area contributed by atoms with Gasteiger partial charge in [-0.25, -0.2) is 0 Å². The van der Waals surface area contributed by atoms with Crippen LogP contribution >= 0.6 is 0 Å². The van der Waals surface area contributed by atoms with E-state index < -0.39 is 0 Å². The molecule has 19 heavy (non-hydrogen) atoms. The van der Waals surface area contributed by atoms with Crippen LogP contribution in [-0.4, -0.2) is 32.0 Å². The van der Waals surface area contributed by atoms with Crippen LogP contribution in [0.4, 0.5) is 5.69 Å². The van der Waals surface area contributed by atoms with Gasteiger partial charge in [0.15, 0.2) is 11.5 Å². The van der Waals surface area contributed by atoms with Crippen molar-refractivity contribution >= 4 is 5.69 Å². The van der Waals surface area contributed by atoms with E-state index in [1.807, 2.05) is 20.8 Å². The number of benzene rings is 1. The summed E-state index contributed by atoms with van der Waals surface area (Å²) in [7, 11) is 0. The molecule has 1 aliphatic rings. The van der Waals surface area contributed by atoms with Crippen LogP contribution in [0.5, 0.6) is 17.2 Å². The molecule has 1 aromatic carbocycles. The third-order valence-electron chi connectivity index (χ3n) is 2.55. The molecule has 0 saturated heterocycles. The number of fused-ring (bicyclic) bond motifs is 1. The Balaban J connectivity index is 1.93. The lowest BCUT2D eigenvalue weighted by Gasteiger charge is -2.21. The Hall–Kier alpha value is -1.62. The van der Waals surface area contributed by atoms with Gasteiger partial charge in [0.1, 0.15) is 25.6 Å². The van der Waals surface area contributed by atoms with E-state index in [9.17, 15) is 0 Å². The zero-order valence-electron chi connectivity index (χ0n) is 11.7. The summed E-state index contributed by atoms with van der Waals surface area (Å²) in [6.07, 6.45) is 0. The maximum absolute atomic E-state index is 5.91. The first-order valence-electron chi connectivity index (χ1n) is 6.41. The van der Waals surface area contributed by atoms with E-state index in [0.717, 1.165) is 0 Å². The molecule has 1 aromatic rings. The average molecular weight is 267 g/mol. The zero-order valence-corrected chi connectivity index (χ0v) is 11.7. The van der Waals surface area contributed by atoms with Crippen molar-refractivity contribution < 1.29 is 18.9 Å². The van der Waals surface area contributed by atoms with Gasteiger partial charge < -0.3 is 24.7 Å². The zero-order chi connectivity index (χ0) is 13.9. The van der Waals surface area contributed by atoms with E-state index in [4.69, 9.17) is 24.7 Å². The Labute approximate surface area is 113 Å². The molecule has 0 aliphatic carbocycles. The van der Waals surface area contributed by atoms with Crippen molar-refractivity contribution in [1.29, 1.82) is 0 Å². The van der Waals surface area contributed by atoms with Crippen molar-refractivity contribution in [3.8, 4) is 17.2 Å². The van der Waals surface area contributed by atoms with Crippen LogP contribution in [0.25, 0.3) is 0 Å². The molecule has 0 aromatic heterocycles. The molecule has 0 bridgehead atoms. The van der Waals surface area contributed by atoms with E-state index in [0.29, 0.717) is 49.4 Å². The summed E-state index contributed by atoms with van der Waals surface area (Å²) in [5, 5.41) is 0. The molecular formula is C14H21NO4. The summed E-state index contributed by atoms with van der Waals surface area (Å²) in [4.78, 5) is 0. The fourth-order valence-electron chi connectivity index (χ4n) is 1.71. The van der Waals surface area contributed by atoms with Crippen LogP contribution in [0.3, 0.4) is 0 Å². The van der Waals surface area contributed by atoms with Crippen LogP contribution in [0, 0.1) is 0 Å². The summed E-state index contributed by atoms with van der Waals surface area (Å²) in [6.45, 7) is 8.07. The Morgan fingerprint density at radius 3 is 2.37 bits per heavy atom. The predicted molar refractivity (Wildman–Crippen MR) is 73.0 cm³/mol. The van der Waals surface area contributed by atoms with E-state index in [1.165, 1.54) is 0 Å². The van der Waals surface area contributed by atoms with Crippen LogP contribution < -0.4 is 19.9 Å². The lowest BCUT2D eigenvalue weighted by atomic mass is 10.2. The second-order valence-corrected chi connectivity index (χ2v) is 5.34. The first-order chi connectivity index (χ1) is 8.96. The number of ether oxygens (including phenoxy) is 4. The quantitative estimate of drug-likeness (QED) is 0.669. The molecular weight excluding hydrogens is 246 g/mol. The highest BCUT2D eigenvalue weighted by Crippen LogP contribution is 2.38. The Morgan fingerprint density at radius 2 is 1.74 bits per heavy atom. The fourth-order valence-corrected chi connectivity index (χ4v) is 1.71. The number of hydrogen-bond acceptors (Lipinski definition) is 5. The predicted octanol–water partition coefficient (Wildman–Crippen LogP) is 2.23. The molecule has 0 spiro atoms. The number of anilines is 1. The molecule has 1 heterocycles. The van der Waals surface area contributed by atoms with Gasteiger partial charge >= 0.3 is 0 Å². The third kappa shape index (κ3) is 3.92. The highest BCUT2D eigenvalue weighted by molar-refractivity contribution is 5.62. The fraction of sp³-hybridized carbons (Fsp3) is 0.571. The van der Waals surface area contributed by atoms with Crippen molar-refractivity contribution in [1.82, 2.24) is 0 Å². The summed E-state index contributed by atoms with van der Waals surface area (Å²) in [5.74, 6) is 1.94. The molecule has 1 aliphatic heterocycles. The van der Waals surface area contributed by atoms with Crippen molar-refractivity contribution in [3.05, 3.63) is 12.1 Å². The molecule has 0 fully saturated rings. The van der Waals surface area contributed by atoms with Gasteiger partial charge in [-0.2, -0.15) is 0 Å². The maximum Gasteiger partial charge on any atom is 0.165 e. The number of rotatable bonds is 4. The van der Waals surface area contributed by atoms with Crippen LogP contribution in [-0.2, 0) is 4.74 Å². The summed E-state index contributed by atoms with van der Waals surface area (Å²) in [5.41, 5.74) is 6.29. The minimum Gasteiger partial charge on any atom is -0.489 e. The second-order valence-electron chi connectivity index (χ2n) is 5.34. The number of hydrogen-bond donors (Lipinski definition) is 1. The first kappa shape index (κ1) is 13.8. The maximum atomic E-state index is 5.91. The van der Waals surface area contributed by atoms with Crippen molar-refractivity contribution in [2.75, 3.05) is 32.2 Å². The highest BCUT2D eigenvalue weighted by atomic mass is 16.6. The van der Waals surface area contributed by atoms with Gasteiger partial charge in [0.25, 0.3) is 0 Å². The van der Waals surface area contributed by atoms with Gasteiger partial charge in [0.2, 0.25) is 0 Å². The minimum atomic E-state index is -0.165. The SMILES string of the molecule is CC(C)(C)OCCOc1cc2c(cc1N)OCCO2. The molecule has 106 valence electrons. The molecule has 0 atom stereocenters. The van der Waals surface area contributed by atoms with Gasteiger partial charge in [-0.3, -0.25) is 0 Å². The third-order valence-corrected chi connectivity index (χ3v) is 2.55. The van der Waals surface area contributed by atoms with Gasteiger partial charge in [0.05, 0.1) is 17.9 Å². The highest BCUT2D eigenvalue weighted by Gasteiger charge is 2.15. The van der Waals surface area contributed by atoms with Crippen molar-refractivity contribution in [2.24, 2.45) is 0 Å². The number of nitrogen functional groups attached to an aromatic ring is 1. The first-order valence-corrected chi connectivity index (χ1v) is 6.41. The summed E-state index contributed by atoms with van der Waals surface area (Å²) >= 11 is 0. The minimum absolute atomic E-state index is 0.165. The van der Waals surface area contributed by atoms with E-state index >= 15 is 0 Å². The Morgan fingerprint density at radius 1 is 1.11 bits per heavy atom. The monoisotopic (exact) mass is 267 g/mol. The lowest BCUT2D eigenvalue weighted by molar-refractivity contribution is -0.0162. The second kappa shape index (κ2) is 5.57. The van der Waals surface area contributed by atoms with Crippen molar-refractivity contribution in [3.63, 3.8) is 0 Å². The van der Waals surface area contributed by atoms with Crippen LogP contribution in [0.15, 0.2) is 12.1 Å². The summed E-state index contributed by atoms with van der Waals surface area (Å²) in [6, 6.07) is 3.50. The Kier molecular flexibility index (Phi) is 4.04. The lowest BCUT2D eigenvalue weighted by Crippen LogP contribution is -2.22. The molecule has 0 radical (unpaired) electrons. The molecule has 5 nitrogen and oxygen atoms in total. The van der Waals surface area contributed by atoms with E-state index in [2.05, 4.69) is 0 Å². The van der Waals surface area contributed by atoms with Crippen molar-refractivity contribution in [2.45, 2.75) is 26.4 Å². The van der Waals surface area contributed by atoms with Gasteiger partial charge in [-0.05, 0) is 20.8 Å². The standard InChI is InChI=1S/C14H21NO4/c1-14(2,3)19-7-6-16-11-9-13-12(8-10(11)15)17-4-5-18-13/h8-9H,4-7,15H2,1-3H3. The Bertz CT molecular complexity index is 440. The van der Waals surface area contributed by atoms with Gasteiger partial charge in [-0.1, -0.05) is 0 Å². The topological polar surface area (TPSA) is 62.9 Å². The smallest absolute Gasteiger partial charge is 0.165 e. The molecule has 0 amide bonds. The van der Waals surface area contributed by atoms with Gasteiger partial charge in [-0.15, -0.1) is 0 Å². The molecule has 5 heteroatoms. The molecule has 2 rings (SSSR count). The van der Waals surface area contributed by atoms with E-state index in [1.54, 1.807) is 12.1 Å². The largest absolute Gasteiger partial charge is 0.489 e. The van der Waals surface area contributed by atoms with E-state index in [-0.39, 0.29) is 5.60 Å². The van der Waals surface area contributed by atoms with Crippen LogP contribution in [0.1, 0.15) is 20.8 Å². The normalized spacial score (nSPS) is 14.3. The molecule has 2 N–H and O–H groups in total.